The molecule has 1 saturated heterocycles. The fourth-order valence-electron chi connectivity index (χ4n) is 5.28. The van der Waals surface area contributed by atoms with Crippen molar-refractivity contribution in [2.45, 2.75) is 70.6 Å². The third-order valence-electron chi connectivity index (χ3n) is 7.50. The van der Waals surface area contributed by atoms with E-state index in [2.05, 4.69) is 15.3 Å². The van der Waals surface area contributed by atoms with Gasteiger partial charge in [-0.3, -0.25) is 14.3 Å². The number of nitriles is 1. The Morgan fingerprint density at radius 2 is 1.97 bits per heavy atom. The highest BCUT2D eigenvalue weighted by molar-refractivity contribution is 7.89. The van der Waals surface area contributed by atoms with Gasteiger partial charge in [0.05, 0.1) is 11.6 Å². The van der Waals surface area contributed by atoms with Crippen LogP contribution in [0.3, 0.4) is 0 Å². The van der Waals surface area contributed by atoms with E-state index in [0.717, 1.165) is 6.42 Å². The van der Waals surface area contributed by atoms with Gasteiger partial charge in [-0.1, -0.05) is 13.8 Å². The molecule has 36 heavy (non-hydrogen) atoms. The van der Waals surface area contributed by atoms with Gasteiger partial charge in [-0.15, -0.1) is 0 Å². The van der Waals surface area contributed by atoms with Gasteiger partial charge in [0.1, 0.15) is 23.2 Å². The van der Waals surface area contributed by atoms with Crippen molar-refractivity contribution < 1.29 is 13.5 Å². The summed E-state index contributed by atoms with van der Waals surface area (Å²) in [7, 11) is -3.36. The van der Waals surface area contributed by atoms with Gasteiger partial charge in [-0.2, -0.15) is 10.2 Å². The SMILES string of the molecule is CCN(CC)CS(=O)(=O)N1CCC(Nc2ncc3cc(C#N)c(=O)n([C@@H]4CCC[C@@]4(C)O)c3n2)CC1. The molecular formula is C24H35N7O4S. The number of aliphatic hydroxyl groups is 1. The van der Waals surface area contributed by atoms with E-state index in [1.165, 1.54) is 10.6 Å². The number of piperidine rings is 1. The first-order valence-corrected chi connectivity index (χ1v) is 14.2. The molecule has 0 radical (unpaired) electrons. The van der Waals surface area contributed by atoms with Crippen molar-refractivity contribution in [1.29, 1.82) is 5.26 Å². The Morgan fingerprint density at radius 3 is 2.56 bits per heavy atom. The van der Waals surface area contributed by atoms with Crippen LogP contribution in [0, 0.1) is 11.3 Å². The number of fused-ring (bicyclic) bond motifs is 1. The molecule has 1 saturated carbocycles. The van der Waals surface area contributed by atoms with Crippen LogP contribution in [0.15, 0.2) is 17.1 Å². The Morgan fingerprint density at radius 1 is 1.28 bits per heavy atom. The summed E-state index contributed by atoms with van der Waals surface area (Å²) in [4.78, 5) is 24.0. The summed E-state index contributed by atoms with van der Waals surface area (Å²) in [6.07, 6.45) is 4.74. The summed E-state index contributed by atoms with van der Waals surface area (Å²) in [6, 6.07) is 2.94. The summed E-state index contributed by atoms with van der Waals surface area (Å²) in [5, 5.41) is 24.2. The number of aromatic nitrogens is 3. The fourth-order valence-corrected chi connectivity index (χ4v) is 7.03. The first-order chi connectivity index (χ1) is 17.1. The van der Waals surface area contributed by atoms with Gasteiger partial charge < -0.3 is 10.4 Å². The molecule has 1 aliphatic heterocycles. The first kappa shape index (κ1) is 26.5. The van der Waals surface area contributed by atoms with Gasteiger partial charge in [0.25, 0.3) is 5.56 Å². The highest BCUT2D eigenvalue weighted by atomic mass is 32.2. The van der Waals surface area contributed by atoms with Crippen molar-refractivity contribution in [1.82, 2.24) is 23.7 Å². The van der Waals surface area contributed by atoms with Crippen molar-refractivity contribution in [3.8, 4) is 6.07 Å². The Kier molecular flexibility index (Phi) is 7.66. The summed E-state index contributed by atoms with van der Waals surface area (Å²) < 4.78 is 28.6. The van der Waals surface area contributed by atoms with E-state index >= 15 is 0 Å². The average Bonchev–Trinajstić information content (AvgIpc) is 3.21. The largest absolute Gasteiger partial charge is 0.388 e. The van der Waals surface area contributed by atoms with E-state index in [0.29, 0.717) is 68.8 Å². The summed E-state index contributed by atoms with van der Waals surface area (Å²) in [5.41, 5.74) is -1.17. The number of hydrogen-bond donors (Lipinski definition) is 2. The minimum atomic E-state index is -3.36. The molecule has 0 aromatic carbocycles. The highest BCUT2D eigenvalue weighted by Crippen LogP contribution is 2.39. The van der Waals surface area contributed by atoms with Crippen LogP contribution < -0.4 is 10.9 Å². The Bertz CT molecular complexity index is 1310. The van der Waals surface area contributed by atoms with Crippen LogP contribution in [0.2, 0.25) is 0 Å². The lowest BCUT2D eigenvalue weighted by Crippen LogP contribution is -2.46. The molecule has 2 aliphatic rings. The highest BCUT2D eigenvalue weighted by Gasteiger charge is 2.40. The topological polar surface area (TPSA) is 144 Å². The molecule has 2 aromatic rings. The molecule has 1 aliphatic carbocycles. The monoisotopic (exact) mass is 517 g/mol. The summed E-state index contributed by atoms with van der Waals surface area (Å²) in [6.45, 7) is 7.81. The van der Waals surface area contributed by atoms with Crippen molar-refractivity contribution in [2.24, 2.45) is 0 Å². The normalized spacial score (nSPS) is 23.8. The Hall–Kier alpha value is -2.59. The van der Waals surface area contributed by atoms with Crippen LogP contribution in [-0.4, -0.2) is 81.0 Å². The van der Waals surface area contributed by atoms with E-state index in [-0.39, 0.29) is 17.5 Å². The van der Waals surface area contributed by atoms with Crippen LogP contribution in [0.4, 0.5) is 5.95 Å². The zero-order valence-corrected chi connectivity index (χ0v) is 22.0. The van der Waals surface area contributed by atoms with Crippen LogP contribution in [0.5, 0.6) is 0 Å². The number of hydrogen-bond acceptors (Lipinski definition) is 9. The smallest absolute Gasteiger partial charge is 0.270 e. The van der Waals surface area contributed by atoms with Gasteiger partial charge in [0.2, 0.25) is 16.0 Å². The summed E-state index contributed by atoms with van der Waals surface area (Å²) in [5.74, 6) is 0.362. The number of nitrogens with one attached hydrogen (secondary N) is 1. The van der Waals surface area contributed by atoms with E-state index in [4.69, 9.17) is 0 Å². The Balaban J connectivity index is 1.55. The third-order valence-corrected chi connectivity index (χ3v) is 9.35. The standard InChI is InChI=1S/C24H35N7O4S/c1-4-29(5-2)16-36(34,35)30-11-8-19(9-12-30)27-23-26-15-18-13-17(14-25)22(32)31(21(18)28-23)20-7-6-10-24(20,3)33/h13,15,19-20,33H,4-12,16H2,1-3H3,(H,26,27,28)/t20-,24-/m1/s1. The number of pyridine rings is 1. The predicted molar refractivity (Wildman–Crippen MR) is 137 cm³/mol. The molecule has 0 spiro atoms. The first-order valence-electron chi connectivity index (χ1n) is 12.6. The molecule has 196 valence electrons. The zero-order valence-electron chi connectivity index (χ0n) is 21.1. The number of nitrogens with zero attached hydrogens (tertiary/aromatic N) is 6. The summed E-state index contributed by atoms with van der Waals surface area (Å²) >= 11 is 0. The van der Waals surface area contributed by atoms with Crippen molar-refractivity contribution in [2.75, 3.05) is 37.4 Å². The number of anilines is 1. The maximum atomic E-state index is 13.1. The molecule has 0 amide bonds. The molecule has 0 unspecified atom stereocenters. The van der Waals surface area contributed by atoms with Crippen molar-refractivity contribution in [3.05, 3.63) is 28.2 Å². The second-order valence-electron chi connectivity index (χ2n) is 9.94. The number of rotatable bonds is 8. The molecule has 2 atom stereocenters. The van der Waals surface area contributed by atoms with E-state index in [9.17, 15) is 23.6 Å². The second kappa shape index (κ2) is 10.4. The molecule has 11 nitrogen and oxygen atoms in total. The van der Waals surface area contributed by atoms with Gasteiger partial charge in [0.15, 0.2) is 0 Å². The maximum Gasteiger partial charge on any atom is 0.270 e. The van der Waals surface area contributed by atoms with Crippen molar-refractivity contribution in [3.63, 3.8) is 0 Å². The van der Waals surface area contributed by atoms with E-state index < -0.39 is 27.2 Å². The Labute approximate surface area is 211 Å². The van der Waals surface area contributed by atoms with Gasteiger partial charge >= 0.3 is 0 Å². The second-order valence-corrected chi connectivity index (χ2v) is 11.9. The quantitative estimate of drug-likeness (QED) is 0.534. The number of sulfonamides is 1. The zero-order chi connectivity index (χ0) is 26.1. The minimum Gasteiger partial charge on any atom is -0.388 e. The third kappa shape index (κ3) is 5.25. The molecule has 2 fully saturated rings. The molecule has 4 rings (SSSR count). The lowest BCUT2D eigenvalue weighted by molar-refractivity contribution is 0.0266. The molecule has 0 bridgehead atoms. The van der Waals surface area contributed by atoms with E-state index in [1.807, 2.05) is 24.8 Å². The molecule has 3 heterocycles. The lowest BCUT2D eigenvalue weighted by Gasteiger charge is -2.33. The van der Waals surface area contributed by atoms with Gasteiger partial charge in [-0.25, -0.2) is 17.7 Å². The molecule has 2 N–H and O–H groups in total. The lowest BCUT2D eigenvalue weighted by atomic mass is 9.99. The van der Waals surface area contributed by atoms with Gasteiger partial charge in [0, 0.05) is 30.7 Å². The fraction of sp³-hybridized carbons (Fsp3) is 0.667. The van der Waals surface area contributed by atoms with Gasteiger partial charge in [-0.05, 0) is 58.2 Å². The predicted octanol–water partition coefficient (Wildman–Crippen LogP) is 1.64. The van der Waals surface area contributed by atoms with Crippen LogP contribution in [0.1, 0.15) is 64.5 Å². The van der Waals surface area contributed by atoms with Crippen LogP contribution >= 0.6 is 0 Å². The minimum absolute atomic E-state index is 0.00666. The molecule has 2 aromatic heterocycles. The molecular weight excluding hydrogens is 482 g/mol. The van der Waals surface area contributed by atoms with E-state index in [1.54, 1.807) is 17.4 Å². The average molecular weight is 518 g/mol. The maximum absolute atomic E-state index is 13.1. The van der Waals surface area contributed by atoms with Crippen LogP contribution in [0.25, 0.3) is 11.0 Å². The van der Waals surface area contributed by atoms with Crippen molar-refractivity contribution >= 4 is 27.0 Å². The molecule has 12 heteroatoms. The van der Waals surface area contributed by atoms with Crippen LogP contribution in [-0.2, 0) is 10.0 Å².